The van der Waals surface area contributed by atoms with E-state index in [1.165, 1.54) is 12.8 Å². The van der Waals surface area contributed by atoms with Crippen LogP contribution in [-0.2, 0) is 9.53 Å². The molecule has 0 radical (unpaired) electrons. The van der Waals surface area contributed by atoms with Crippen LogP contribution < -0.4 is 0 Å². The summed E-state index contributed by atoms with van der Waals surface area (Å²) in [5, 5.41) is 0. The monoisotopic (exact) mass is 199 g/mol. The molecule has 1 atom stereocenters. The maximum Gasteiger partial charge on any atom is 0.323 e. The fraction of sp³-hybridized carbons (Fsp3) is 0.909. The molecule has 3 nitrogen and oxygen atoms in total. The molecule has 0 spiro atoms. The lowest BCUT2D eigenvalue weighted by Crippen LogP contribution is -2.43. The highest BCUT2D eigenvalue weighted by atomic mass is 16.5. The van der Waals surface area contributed by atoms with Gasteiger partial charge in [-0.25, -0.2) is 0 Å². The van der Waals surface area contributed by atoms with Crippen molar-refractivity contribution < 1.29 is 9.53 Å². The Balaban J connectivity index is 2.53. The molecule has 14 heavy (non-hydrogen) atoms. The Kier molecular flexibility index (Phi) is 4.39. The second-order valence-electron chi connectivity index (χ2n) is 3.74. The van der Waals surface area contributed by atoms with Crippen LogP contribution in [0.3, 0.4) is 0 Å². The van der Waals surface area contributed by atoms with Crippen LogP contribution in [0.4, 0.5) is 0 Å². The molecular formula is C11H21NO2. The van der Waals surface area contributed by atoms with Crippen LogP contribution in [0.25, 0.3) is 0 Å². The van der Waals surface area contributed by atoms with E-state index >= 15 is 0 Å². The molecule has 0 amide bonds. The molecular weight excluding hydrogens is 178 g/mol. The van der Waals surface area contributed by atoms with E-state index in [1.807, 2.05) is 13.8 Å². The Morgan fingerprint density at radius 1 is 1.43 bits per heavy atom. The summed E-state index contributed by atoms with van der Waals surface area (Å²) in [5.74, 6) is -0.0521. The maximum absolute atomic E-state index is 11.6. The number of esters is 1. The maximum atomic E-state index is 11.6. The zero-order valence-corrected chi connectivity index (χ0v) is 9.45. The zero-order valence-electron chi connectivity index (χ0n) is 9.45. The van der Waals surface area contributed by atoms with Gasteiger partial charge in [0, 0.05) is 6.04 Å². The second kappa shape index (κ2) is 5.35. The highest BCUT2D eigenvalue weighted by Crippen LogP contribution is 2.29. The summed E-state index contributed by atoms with van der Waals surface area (Å²) >= 11 is 0. The van der Waals surface area contributed by atoms with Crippen LogP contribution in [-0.4, -0.2) is 36.1 Å². The molecule has 0 saturated heterocycles. The van der Waals surface area contributed by atoms with Gasteiger partial charge in [-0.15, -0.1) is 0 Å². The Labute approximate surface area is 86.4 Å². The van der Waals surface area contributed by atoms with Crippen LogP contribution >= 0.6 is 0 Å². The fourth-order valence-electron chi connectivity index (χ4n) is 1.91. The Bertz CT molecular complexity index is 190. The van der Waals surface area contributed by atoms with Crippen molar-refractivity contribution in [2.45, 2.75) is 52.1 Å². The largest absolute Gasteiger partial charge is 0.465 e. The van der Waals surface area contributed by atoms with Crippen molar-refractivity contribution in [1.29, 1.82) is 0 Å². The number of carbonyl (C=O) groups excluding carboxylic acids is 1. The molecule has 1 aliphatic rings. The van der Waals surface area contributed by atoms with Gasteiger partial charge in [-0.05, 0) is 32.7 Å². The van der Waals surface area contributed by atoms with E-state index in [4.69, 9.17) is 4.74 Å². The Morgan fingerprint density at radius 2 is 2.07 bits per heavy atom. The molecule has 1 saturated carbocycles. The third kappa shape index (κ3) is 2.71. The summed E-state index contributed by atoms with van der Waals surface area (Å²) in [5.41, 5.74) is 0. The molecule has 1 aliphatic carbocycles. The molecule has 1 rings (SSSR count). The number of rotatable bonds is 6. The van der Waals surface area contributed by atoms with Gasteiger partial charge in [0.1, 0.15) is 6.04 Å². The molecule has 82 valence electrons. The summed E-state index contributed by atoms with van der Waals surface area (Å²) in [6.07, 6.45) is 3.33. The van der Waals surface area contributed by atoms with Crippen molar-refractivity contribution in [3.8, 4) is 0 Å². The Hall–Kier alpha value is -0.570. The van der Waals surface area contributed by atoms with E-state index in [1.54, 1.807) is 0 Å². The molecule has 1 fully saturated rings. The lowest BCUT2D eigenvalue weighted by Gasteiger charge is -2.27. The minimum Gasteiger partial charge on any atom is -0.465 e. The van der Waals surface area contributed by atoms with Crippen molar-refractivity contribution in [3.63, 3.8) is 0 Å². The minimum atomic E-state index is -0.0521. The number of hydrogen-bond acceptors (Lipinski definition) is 3. The van der Waals surface area contributed by atoms with Crippen molar-refractivity contribution in [2.75, 3.05) is 13.2 Å². The lowest BCUT2D eigenvalue weighted by atomic mass is 10.2. The zero-order chi connectivity index (χ0) is 10.6. The highest BCUT2D eigenvalue weighted by molar-refractivity contribution is 5.75. The van der Waals surface area contributed by atoms with Gasteiger partial charge in [-0.1, -0.05) is 13.8 Å². The van der Waals surface area contributed by atoms with Gasteiger partial charge in [0.15, 0.2) is 0 Å². The van der Waals surface area contributed by atoms with Crippen LogP contribution in [0, 0.1) is 0 Å². The molecule has 0 aliphatic heterocycles. The van der Waals surface area contributed by atoms with Crippen LogP contribution in [0.1, 0.15) is 40.0 Å². The van der Waals surface area contributed by atoms with E-state index in [9.17, 15) is 4.79 Å². The van der Waals surface area contributed by atoms with Gasteiger partial charge in [0.2, 0.25) is 0 Å². The van der Waals surface area contributed by atoms with Crippen molar-refractivity contribution in [3.05, 3.63) is 0 Å². The quantitative estimate of drug-likeness (QED) is 0.611. The fourth-order valence-corrected chi connectivity index (χ4v) is 1.91. The van der Waals surface area contributed by atoms with Gasteiger partial charge < -0.3 is 4.74 Å². The Morgan fingerprint density at radius 3 is 2.43 bits per heavy atom. The number of ether oxygens (including phenoxy) is 1. The van der Waals surface area contributed by atoms with Gasteiger partial charge in [0.25, 0.3) is 0 Å². The molecule has 0 bridgehead atoms. The summed E-state index contributed by atoms with van der Waals surface area (Å²) in [7, 11) is 0. The first-order valence-corrected chi connectivity index (χ1v) is 5.66. The SMILES string of the molecule is CCOC(=O)C(CC)N(CC)C1CC1. The second-order valence-corrected chi connectivity index (χ2v) is 3.74. The van der Waals surface area contributed by atoms with Gasteiger partial charge >= 0.3 is 5.97 Å². The van der Waals surface area contributed by atoms with Gasteiger partial charge in [-0.2, -0.15) is 0 Å². The summed E-state index contributed by atoms with van der Waals surface area (Å²) < 4.78 is 5.08. The van der Waals surface area contributed by atoms with Gasteiger partial charge in [0.05, 0.1) is 6.61 Å². The first-order valence-electron chi connectivity index (χ1n) is 5.66. The number of likely N-dealkylation sites (N-methyl/N-ethyl adjacent to an activating group) is 1. The van der Waals surface area contributed by atoms with Crippen molar-refractivity contribution in [1.82, 2.24) is 4.90 Å². The van der Waals surface area contributed by atoms with E-state index < -0.39 is 0 Å². The number of nitrogens with zero attached hydrogens (tertiary/aromatic N) is 1. The van der Waals surface area contributed by atoms with Crippen LogP contribution in [0.2, 0.25) is 0 Å². The smallest absolute Gasteiger partial charge is 0.323 e. The molecule has 0 N–H and O–H groups in total. The highest BCUT2D eigenvalue weighted by Gasteiger charge is 2.35. The number of carbonyl (C=O) groups is 1. The summed E-state index contributed by atoms with van der Waals surface area (Å²) in [6, 6.07) is 0.613. The van der Waals surface area contributed by atoms with E-state index in [-0.39, 0.29) is 12.0 Å². The summed E-state index contributed by atoms with van der Waals surface area (Å²) in [4.78, 5) is 13.9. The van der Waals surface area contributed by atoms with E-state index in [2.05, 4.69) is 11.8 Å². The average Bonchev–Trinajstić information content (AvgIpc) is 2.97. The predicted octanol–water partition coefficient (Wildman–Crippen LogP) is 1.81. The van der Waals surface area contributed by atoms with Crippen molar-refractivity contribution in [2.24, 2.45) is 0 Å². The molecule has 1 unspecified atom stereocenters. The first kappa shape index (κ1) is 11.5. The predicted molar refractivity (Wildman–Crippen MR) is 56.1 cm³/mol. The molecule has 0 heterocycles. The number of hydrogen-bond donors (Lipinski definition) is 0. The molecule has 0 aromatic carbocycles. The standard InChI is InChI=1S/C11H21NO2/c1-4-10(11(13)14-6-3)12(5-2)9-7-8-9/h9-10H,4-8H2,1-3H3. The normalized spacial score (nSPS) is 18.3. The van der Waals surface area contributed by atoms with E-state index in [0.717, 1.165) is 13.0 Å². The molecule has 3 heteroatoms. The topological polar surface area (TPSA) is 29.5 Å². The van der Waals surface area contributed by atoms with Crippen LogP contribution in [0.5, 0.6) is 0 Å². The minimum absolute atomic E-state index is 0.0209. The first-order chi connectivity index (χ1) is 6.74. The molecule has 0 aromatic heterocycles. The average molecular weight is 199 g/mol. The third-order valence-corrected chi connectivity index (χ3v) is 2.73. The van der Waals surface area contributed by atoms with Gasteiger partial charge in [-0.3, -0.25) is 9.69 Å². The molecule has 0 aromatic rings. The lowest BCUT2D eigenvalue weighted by molar-refractivity contribution is -0.149. The summed E-state index contributed by atoms with van der Waals surface area (Å²) in [6.45, 7) is 7.45. The third-order valence-electron chi connectivity index (χ3n) is 2.73. The van der Waals surface area contributed by atoms with Crippen molar-refractivity contribution >= 4 is 5.97 Å². The van der Waals surface area contributed by atoms with E-state index in [0.29, 0.717) is 12.6 Å². The van der Waals surface area contributed by atoms with Crippen LogP contribution in [0.15, 0.2) is 0 Å².